The van der Waals surface area contributed by atoms with Crippen molar-refractivity contribution in [2.24, 2.45) is 18.9 Å². The Hall–Kier alpha value is -4.08. The highest BCUT2D eigenvalue weighted by Crippen LogP contribution is 2.37. The highest BCUT2D eigenvalue weighted by atomic mass is 19.4. The number of carbonyl (C=O) groups is 3. The van der Waals surface area contributed by atoms with Gasteiger partial charge in [0.15, 0.2) is 0 Å². The summed E-state index contributed by atoms with van der Waals surface area (Å²) in [5.41, 5.74) is 1.81. The average Bonchev–Trinajstić information content (AvgIpc) is 3.21. The predicted octanol–water partition coefficient (Wildman–Crippen LogP) is 6.05. The lowest BCUT2D eigenvalue weighted by molar-refractivity contribution is -0.146. The minimum absolute atomic E-state index is 0.115. The molecule has 0 saturated heterocycles. The number of hydrogen-bond acceptors (Lipinski definition) is 4. The second-order valence-electron chi connectivity index (χ2n) is 9.76. The molecular formula is C29H30F3N3O4. The largest absolute Gasteiger partial charge is 0.469 e. The summed E-state index contributed by atoms with van der Waals surface area (Å²) in [5, 5.41) is 5.67. The van der Waals surface area contributed by atoms with Gasteiger partial charge >= 0.3 is 12.1 Å². The topological polar surface area (TPSA) is 89.4 Å². The van der Waals surface area contributed by atoms with Gasteiger partial charge in [-0.15, -0.1) is 0 Å². The van der Waals surface area contributed by atoms with E-state index in [0.29, 0.717) is 53.9 Å². The van der Waals surface area contributed by atoms with Gasteiger partial charge in [-0.25, -0.2) is 0 Å². The van der Waals surface area contributed by atoms with Crippen LogP contribution in [-0.4, -0.2) is 30.0 Å². The van der Waals surface area contributed by atoms with Crippen LogP contribution in [0, 0.1) is 11.8 Å². The van der Waals surface area contributed by atoms with Crippen LogP contribution in [-0.2, 0) is 34.0 Å². The molecular weight excluding hydrogens is 511 g/mol. The third-order valence-electron chi connectivity index (χ3n) is 7.30. The van der Waals surface area contributed by atoms with Gasteiger partial charge in [-0.2, -0.15) is 13.2 Å². The SMILES string of the molecule is COC(=O)C1CCC(Cc2c(NC(=O)c3ccccc3-c3ccc(C(F)(F)F)cc3)cn(C)c2NC=O)CC1. The van der Waals surface area contributed by atoms with Gasteiger partial charge in [-0.1, -0.05) is 30.3 Å². The number of hydrogen-bond donors (Lipinski definition) is 2. The van der Waals surface area contributed by atoms with Gasteiger partial charge in [-0.3, -0.25) is 14.4 Å². The van der Waals surface area contributed by atoms with E-state index in [1.54, 1.807) is 42.1 Å². The van der Waals surface area contributed by atoms with Crippen molar-refractivity contribution in [3.8, 4) is 11.1 Å². The van der Waals surface area contributed by atoms with E-state index in [2.05, 4.69) is 10.6 Å². The molecule has 1 aliphatic rings. The van der Waals surface area contributed by atoms with Crippen molar-refractivity contribution >= 4 is 29.8 Å². The van der Waals surface area contributed by atoms with Crippen LogP contribution in [0.2, 0.25) is 0 Å². The van der Waals surface area contributed by atoms with Crippen molar-refractivity contribution in [3.05, 3.63) is 71.4 Å². The summed E-state index contributed by atoms with van der Waals surface area (Å²) in [6.07, 6.45) is 1.47. The van der Waals surface area contributed by atoms with Gasteiger partial charge in [0.25, 0.3) is 5.91 Å². The zero-order chi connectivity index (χ0) is 28.2. The summed E-state index contributed by atoms with van der Waals surface area (Å²) in [6.45, 7) is 0. The molecule has 0 radical (unpaired) electrons. The number of ether oxygens (including phenoxy) is 1. The molecule has 2 amide bonds. The average molecular weight is 542 g/mol. The van der Waals surface area contributed by atoms with E-state index in [1.807, 2.05) is 0 Å². The van der Waals surface area contributed by atoms with Crippen molar-refractivity contribution in [1.82, 2.24) is 4.57 Å². The first-order valence-corrected chi connectivity index (χ1v) is 12.7. The van der Waals surface area contributed by atoms with Crippen molar-refractivity contribution < 1.29 is 32.3 Å². The summed E-state index contributed by atoms with van der Waals surface area (Å²) < 4.78 is 45.7. The maximum absolute atomic E-state index is 13.5. The molecule has 1 saturated carbocycles. The normalized spacial score (nSPS) is 17.4. The first-order chi connectivity index (χ1) is 18.6. The molecule has 2 N–H and O–H groups in total. The van der Waals surface area contributed by atoms with Gasteiger partial charge in [0.05, 0.1) is 24.3 Å². The lowest BCUT2D eigenvalue weighted by atomic mass is 9.79. The molecule has 4 rings (SSSR count). The predicted molar refractivity (Wildman–Crippen MR) is 141 cm³/mol. The third-order valence-corrected chi connectivity index (χ3v) is 7.30. The van der Waals surface area contributed by atoms with E-state index in [1.165, 1.54) is 19.2 Å². The molecule has 1 aromatic heterocycles. The van der Waals surface area contributed by atoms with Crippen molar-refractivity contribution in [1.29, 1.82) is 0 Å². The second-order valence-corrected chi connectivity index (χ2v) is 9.76. The van der Waals surface area contributed by atoms with E-state index in [9.17, 15) is 27.6 Å². The third kappa shape index (κ3) is 6.32. The number of aryl methyl sites for hydroxylation is 1. The van der Waals surface area contributed by atoms with E-state index >= 15 is 0 Å². The Labute approximate surface area is 224 Å². The quantitative estimate of drug-likeness (QED) is 0.268. The number of esters is 1. The van der Waals surface area contributed by atoms with E-state index in [0.717, 1.165) is 30.5 Å². The molecule has 0 atom stereocenters. The summed E-state index contributed by atoms with van der Waals surface area (Å²) in [4.78, 5) is 36.7. The highest BCUT2D eigenvalue weighted by molar-refractivity contribution is 6.09. The molecule has 1 heterocycles. The molecule has 1 aliphatic carbocycles. The summed E-state index contributed by atoms with van der Waals surface area (Å²) in [6, 6.07) is 11.4. The van der Waals surface area contributed by atoms with Crippen LogP contribution >= 0.6 is 0 Å². The van der Waals surface area contributed by atoms with E-state index in [4.69, 9.17) is 4.74 Å². The van der Waals surface area contributed by atoms with Gasteiger partial charge in [0.1, 0.15) is 5.82 Å². The monoisotopic (exact) mass is 541 g/mol. The highest BCUT2D eigenvalue weighted by Gasteiger charge is 2.31. The zero-order valence-corrected chi connectivity index (χ0v) is 21.7. The second kappa shape index (κ2) is 11.8. The van der Waals surface area contributed by atoms with E-state index in [-0.39, 0.29) is 17.8 Å². The minimum atomic E-state index is -4.45. The lowest BCUT2D eigenvalue weighted by Crippen LogP contribution is -2.24. The Bertz CT molecular complexity index is 1340. The van der Waals surface area contributed by atoms with Crippen LogP contribution < -0.4 is 10.6 Å². The maximum Gasteiger partial charge on any atom is 0.416 e. The molecule has 0 aliphatic heterocycles. The van der Waals surface area contributed by atoms with Crippen LogP contribution in [0.1, 0.15) is 47.2 Å². The Balaban J connectivity index is 1.58. The van der Waals surface area contributed by atoms with E-state index < -0.39 is 17.6 Å². The first kappa shape index (κ1) is 27.9. The Kier molecular flexibility index (Phi) is 8.42. The summed E-state index contributed by atoms with van der Waals surface area (Å²) >= 11 is 0. The molecule has 206 valence electrons. The van der Waals surface area contributed by atoms with Crippen LogP contribution in [0.3, 0.4) is 0 Å². The smallest absolute Gasteiger partial charge is 0.416 e. The van der Waals surface area contributed by atoms with Gasteiger partial charge < -0.3 is 19.9 Å². The number of anilines is 2. The minimum Gasteiger partial charge on any atom is -0.469 e. The number of benzene rings is 2. The summed E-state index contributed by atoms with van der Waals surface area (Å²) in [5.74, 6) is 0.0676. The number of nitrogens with zero attached hydrogens (tertiary/aromatic N) is 1. The maximum atomic E-state index is 13.5. The number of alkyl halides is 3. The van der Waals surface area contributed by atoms with Gasteiger partial charge in [0.2, 0.25) is 6.41 Å². The fourth-order valence-corrected chi connectivity index (χ4v) is 5.25. The van der Waals surface area contributed by atoms with Crippen LogP contribution in [0.5, 0.6) is 0 Å². The Morgan fingerprint density at radius 1 is 1.05 bits per heavy atom. The number of methoxy groups -OCH3 is 1. The van der Waals surface area contributed by atoms with Crippen molar-refractivity contribution in [3.63, 3.8) is 0 Å². The fourth-order valence-electron chi connectivity index (χ4n) is 5.25. The van der Waals surface area contributed by atoms with Crippen LogP contribution in [0.4, 0.5) is 24.7 Å². The molecule has 39 heavy (non-hydrogen) atoms. The standard InChI is InChI=1S/C29H30F3N3O4/c1-35-16-25(24(26(35)33-17-36)15-18-7-9-20(10-8-18)28(38)39-2)34-27(37)23-6-4-3-5-22(23)19-11-13-21(14-12-19)29(30,31)32/h3-6,11-14,16-18,20H,7-10,15H2,1-2H3,(H,33,36)(H,34,37). The number of rotatable bonds is 8. The molecule has 0 spiro atoms. The van der Waals surface area contributed by atoms with Crippen molar-refractivity contribution in [2.45, 2.75) is 38.3 Å². The first-order valence-electron chi connectivity index (χ1n) is 12.7. The van der Waals surface area contributed by atoms with Crippen LogP contribution in [0.25, 0.3) is 11.1 Å². The number of carbonyl (C=O) groups excluding carboxylic acids is 3. The number of amides is 2. The lowest BCUT2D eigenvalue weighted by Gasteiger charge is -2.27. The molecule has 0 unspecified atom stereocenters. The van der Waals surface area contributed by atoms with Gasteiger partial charge in [0, 0.05) is 24.4 Å². The van der Waals surface area contributed by atoms with Crippen LogP contribution in [0.15, 0.2) is 54.7 Å². The zero-order valence-electron chi connectivity index (χ0n) is 21.7. The Morgan fingerprint density at radius 2 is 1.72 bits per heavy atom. The Morgan fingerprint density at radius 3 is 2.33 bits per heavy atom. The number of halogens is 3. The molecule has 0 bridgehead atoms. The molecule has 7 nitrogen and oxygen atoms in total. The van der Waals surface area contributed by atoms with Gasteiger partial charge in [-0.05, 0) is 67.3 Å². The molecule has 10 heteroatoms. The fraction of sp³-hybridized carbons (Fsp3) is 0.345. The molecule has 2 aromatic carbocycles. The number of aromatic nitrogens is 1. The summed E-state index contributed by atoms with van der Waals surface area (Å²) in [7, 11) is 3.15. The number of nitrogens with one attached hydrogen (secondary N) is 2. The molecule has 3 aromatic rings. The molecule has 1 fully saturated rings. The van der Waals surface area contributed by atoms with Crippen molar-refractivity contribution in [2.75, 3.05) is 17.7 Å².